The quantitative estimate of drug-likeness (QED) is 0.734. The fraction of sp³-hybridized carbons (Fsp3) is 0.308. The van der Waals surface area contributed by atoms with Crippen LogP contribution in [0.15, 0.2) is 22.7 Å². The van der Waals surface area contributed by atoms with E-state index in [0.29, 0.717) is 5.92 Å². The van der Waals surface area contributed by atoms with Crippen molar-refractivity contribution in [1.29, 1.82) is 0 Å². The van der Waals surface area contributed by atoms with Crippen molar-refractivity contribution in [2.75, 3.05) is 0 Å². The van der Waals surface area contributed by atoms with E-state index in [1.165, 1.54) is 18.4 Å². The maximum atomic E-state index is 6.35. The molecule has 1 aromatic heterocycles. The zero-order chi connectivity index (χ0) is 11.3. The topological polar surface area (TPSA) is 12.9 Å². The third-order valence-corrected chi connectivity index (χ3v) is 4.02. The van der Waals surface area contributed by atoms with Crippen LogP contribution in [0, 0.1) is 6.92 Å². The summed E-state index contributed by atoms with van der Waals surface area (Å²) in [4.78, 5) is 4.73. The third kappa shape index (κ3) is 1.64. The summed E-state index contributed by atoms with van der Waals surface area (Å²) in [5.74, 6) is 0.634. The van der Waals surface area contributed by atoms with Gasteiger partial charge in [0.15, 0.2) is 0 Å². The molecule has 0 unspecified atom stereocenters. The SMILES string of the molecule is Cc1ccc(Br)c2nc(C3CC3)cc(Cl)c12. The number of aromatic nitrogens is 1. The summed E-state index contributed by atoms with van der Waals surface area (Å²) < 4.78 is 1.03. The molecule has 0 aliphatic heterocycles. The molecule has 0 radical (unpaired) electrons. The molecule has 3 heteroatoms. The molecule has 0 bridgehead atoms. The molecule has 16 heavy (non-hydrogen) atoms. The van der Waals surface area contributed by atoms with E-state index in [-0.39, 0.29) is 0 Å². The normalized spacial score (nSPS) is 15.7. The molecule has 0 N–H and O–H groups in total. The lowest BCUT2D eigenvalue weighted by Gasteiger charge is -2.08. The largest absolute Gasteiger partial charge is 0.251 e. The van der Waals surface area contributed by atoms with Gasteiger partial charge in [-0.25, -0.2) is 0 Å². The number of nitrogens with zero attached hydrogens (tertiary/aromatic N) is 1. The van der Waals surface area contributed by atoms with Gasteiger partial charge in [0.2, 0.25) is 0 Å². The number of hydrogen-bond donors (Lipinski definition) is 0. The second kappa shape index (κ2) is 3.71. The Morgan fingerprint density at radius 2 is 2.12 bits per heavy atom. The average molecular weight is 297 g/mol. The van der Waals surface area contributed by atoms with Crippen LogP contribution in [-0.2, 0) is 0 Å². The number of rotatable bonds is 1. The molecule has 0 saturated heterocycles. The van der Waals surface area contributed by atoms with Gasteiger partial charge in [0.1, 0.15) is 0 Å². The van der Waals surface area contributed by atoms with Crippen molar-refractivity contribution in [3.05, 3.63) is 39.0 Å². The van der Waals surface area contributed by atoms with Gasteiger partial charge < -0.3 is 0 Å². The highest BCUT2D eigenvalue weighted by Crippen LogP contribution is 2.42. The van der Waals surface area contributed by atoms with Gasteiger partial charge in [-0.15, -0.1) is 0 Å². The van der Waals surface area contributed by atoms with Crippen molar-refractivity contribution in [1.82, 2.24) is 4.98 Å². The molecule has 3 rings (SSSR count). The van der Waals surface area contributed by atoms with Gasteiger partial charge in [0, 0.05) is 21.5 Å². The van der Waals surface area contributed by atoms with E-state index < -0.39 is 0 Å². The summed E-state index contributed by atoms with van der Waals surface area (Å²) >= 11 is 9.90. The van der Waals surface area contributed by atoms with E-state index in [1.807, 2.05) is 12.1 Å². The fourth-order valence-corrected chi connectivity index (χ4v) is 2.80. The molecular weight excluding hydrogens is 286 g/mol. The van der Waals surface area contributed by atoms with E-state index in [9.17, 15) is 0 Å². The van der Waals surface area contributed by atoms with Crippen molar-refractivity contribution in [3.8, 4) is 0 Å². The Morgan fingerprint density at radius 3 is 2.81 bits per heavy atom. The minimum absolute atomic E-state index is 0.634. The van der Waals surface area contributed by atoms with Crippen LogP contribution in [0.3, 0.4) is 0 Å². The minimum Gasteiger partial charge on any atom is -0.251 e. The van der Waals surface area contributed by atoms with Crippen LogP contribution in [0.1, 0.15) is 30.0 Å². The summed E-state index contributed by atoms with van der Waals surface area (Å²) in [6.07, 6.45) is 2.50. The Morgan fingerprint density at radius 1 is 1.38 bits per heavy atom. The monoisotopic (exact) mass is 295 g/mol. The van der Waals surface area contributed by atoms with Crippen molar-refractivity contribution >= 4 is 38.4 Å². The molecule has 1 saturated carbocycles. The zero-order valence-electron chi connectivity index (χ0n) is 8.93. The molecule has 1 aliphatic rings. The molecule has 1 nitrogen and oxygen atoms in total. The van der Waals surface area contributed by atoms with Gasteiger partial charge in [-0.3, -0.25) is 4.98 Å². The predicted molar refractivity (Wildman–Crippen MR) is 71.2 cm³/mol. The first-order valence-corrected chi connectivity index (χ1v) is 6.59. The summed E-state index contributed by atoms with van der Waals surface area (Å²) in [6, 6.07) is 6.13. The number of hydrogen-bond acceptors (Lipinski definition) is 1. The van der Waals surface area contributed by atoms with E-state index >= 15 is 0 Å². The van der Waals surface area contributed by atoms with E-state index in [1.54, 1.807) is 0 Å². The first-order valence-electron chi connectivity index (χ1n) is 5.42. The molecular formula is C13H11BrClN. The first-order chi connectivity index (χ1) is 7.66. The summed E-state index contributed by atoms with van der Waals surface area (Å²) in [7, 11) is 0. The van der Waals surface area contributed by atoms with Crippen LogP contribution < -0.4 is 0 Å². The Balaban J connectivity index is 2.36. The molecule has 1 fully saturated rings. The number of halogens is 2. The van der Waals surface area contributed by atoms with E-state index in [0.717, 1.165) is 26.1 Å². The second-order valence-corrected chi connectivity index (χ2v) is 5.65. The van der Waals surface area contributed by atoms with Crippen molar-refractivity contribution < 1.29 is 0 Å². The Hall–Kier alpha value is -0.600. The van der Waals surface area contributed by atoms with E-state index in [2.05, 4.69) is 28.9 Å². The predicted octanol–water partition coefficient (Wildman–Crippen LogP) is 4.84. The maximum Gasteiger partial charge on any atom is 0.0865 e. The van der Waals surface area contributed by atoms with Gasteiger partial charge in [0.05, 0.1) is 10.5 Å². The molecule has 82 valence electrons. The Bertz CT molecular complexity index is 576. The van der Waals surface area contributed by atoms with Crippen LogP contribution >= 0.6 is 27.5 Å². The van der Waals surface area contributed by atoms with Gasteiger partial charge in [-0.2, -0.15) is 0 Å². The average Bonchev–Trinajstić information content (AvgIpc) is 3.06. The molecule has 0 amide bonds. The number of pyridine rings is 1. The maximum absolute atomic E-state index is 6.35. The smallest absolute Gasteiger partial charge is 0.0865 e. The highest BCUT2D eigenvalue weighted by molar-refractivity contribution is 9.10. The van der Waals surface area contributed by atoms with Crippen LogP contribution in [0.4, 0.5) is 0 Å². The molecule has 1 aliphatic carbocycles. The molecule has 2 aromatic rings. The lowest BCUT2D eigenvalue weighted by atomic mass is 10.1. The highest BCUT2D eigenvalue weighted by Gasteiger charge is 2.26. The lowest BCUT2D eigenvalue weighted by Crippen LogP contribution is -1.91. The molecule has 1 heterocycles. The molecule has 0 atom stereocenters. The van der Waals surface area contributed by atoms with Gasteiger partial charge in [0.25, 0.3) is 0 Å². The fourth-order valence-electron chi connectivity index (χ4n) is 2.03. The van der Waals surface area contributed by atoms with Crippen LogP contribution in [-0.4, -0.2) is 4.98 Å². The Kier molecular flexibility index (Phi) is 2.45. The van der Waals surface area contributed by atoms with Crippen LogP contribution in [0.5, 0.6) is 0 Å². The van der Waals surface area contributed by atoms with Gasteiger partial charge in [-0.05, 0) is 53.4 Å². The molecule has 1 aromatic carbocycles. The highest BCUT2D eigenvalue weighted by atomic mass is 79.9. The van der Waals surface area contributed by atoms with Gasteiger partial charge in [-0.1, -0.05) is 17.7 Å². The first kappa shape index (κ1) is 10.5. The van der Waals surface area contributed by atoms with Crippen molar-refractivity contribution in [2.45, 2.75) is 25.7 Å². The standard InChI is InChI=1S/C13H11BrClN/c1-7-2-5-9(14)13-12(7)10(15)6-11(16-13)8-3-4-8/h2,5-6,8H,3-4H2,1H3. The summed E-state index contributed by atoms with van der Waals surface area (Å²) in [6.45, 7) is 2.07. The minimum atomic E-state index is 0.634. The number of benzene rings is 1. The lowest BCUT2D eigenvalue weighted by molar-refractivity contribution is 1.04. The zero-order valence-corrected chi connectivity index (χ0v) is 11.3. The molecule has 0 spiro atoms. The Labute approximate surface area is 108 Å². The van der Waals surface area contributed by atoms with Crippen LogP contribution in [0.2, 0.25) is 5.02 Å². The van der Waals surface area contributed by atoms with E-state index in [4.69, 9.17) is 16.6 Å². The van der Waals surface area contributed by atoms with Crippen molar-refractivity contribution in [2.24, 2.45) is 0 Å². The van der Waals surface area contributed by atoms with Gasteiger partial charge >= 0.3 is 0 Å². The third-order valence-electron chi connectivity index (χ3n) is 3.09. The second-order valence-electron chi connectivity index (χ2n) is 4.39. The number of fused-ring (bicyclic) bond motifs is 1. The van der Waals surface area contributed by atoms with Crippen LogP contribution in [0.25, 0.3) is 10.9 Å². The summed E-state index contributed by atoms with van der Waals surface area (Å²) in [5, 5.41) is 1.89. The summed E-state index contributed by atoms with van der Waals surface area (Å²) in [5.41, 5.74) is 3.32. The van der Waals surface area contributed by atoms with Crippen molar-refractivity contribution in [3.63, 3.8) is 0 Å². The number of aryl methyl sites for hydroxylation is 1.